The molecule has 0 bridgehead atoms. The van der Waals surface area contributed by atoms with Crippen molar-refractivity contribution >= 4 is 11.6 Å². The van der Waals surface area contributed by atoms with Gasteiger partial charge in [0, 0.05) is 42.8 Å². The maximum atomic E-state index is 11.8. The molecule has 0 aliphatic carbocycles. The number of rotatable bonds is 2. The quantitative estimate of drug-likeness (QED) is 0.852. The molecule has 2 N–H and O–H groups in total. The molecule has 18 heavy (non-hydrogen) atoms. The Kier molecular flexibility index (Phi) is 2.60. The number of amides is 1. The van der Waals surface area contributed by atoms with Crippen molar-refractivity contribution in [3.63, 3.8) is 0 Å². The number of carbonyl (C=O) groups is 1. The SMILES string of the molecule is NC1CC(=O)N(c2cccc(-n3ccnc3)c2)C1. The van der Waals surface area contributed by atoms with Gasteiger partial charge >= 0.3 is 0 Å². The molecule has 0 saturated carbocycles. The van der Waals surface area contributed by atoms with Crippen molar-refractivity contribution in [2.24, 2.45) is 5.73 Å². The van der Waals surface area contributed by atoms with Crippen molar-refractivity contribution in [1.82, 2.24) is 9.55 Å². The van der Waals surface area contributed by atoms with Crippen LogP contribution in [0, 0.1) is 0 Å². The van der Waals surface area contributed by atoms with E-state index in [2.05, 4.69) is 4.98 Å². The van der Waals surface area contributed by atoms with E-state index >= 15 is 0 Å². The van der Waals surface area contributed by atoms with Gasteiger partial charge in [0.1, 0.15) is 0 Å². The van der Waals surface area contributed by atoms with Crippen molar-refractivity contribution in [2.45, 2.75) is 12.5 Å². The van der Waals surface area contributed by atoms with Gasteiger partial charge < -0.3 is 15.2 Å². The maximum absolute atomic E-state index is 11.8. The first kappa shape index (κ1) is 11.0. The Balaban J connectivity index is 1.94. The Labute approximate surface area is 105 Å². The molecular formula is C13H14N4O. The average Bonchev–Trinajstić information content (AvgIpc) is 2.99. The molecule has 1 aromatic carbocycles. The number of nitrogens with two attached hydrogens (primary N) is 1. The molecule has 1 unspecified atom stereocenters. The van der Waals surface area contributed by atoms with Gasteiger partial charge in [0.15, 0.2) is 0 Å². The lowest BCUT2D eigenvalue weighted by atomic mass is 10.2. The molecule has 3 rings (SSSR count). The Morgan fingerprint density at radius 3 is 2.83 bits per heavy atom. The van der Waals surface area contributed by atoms with Crippen molar-refractivity contribution in [3.8, 4) is 5.69 Å². The molecule has 5 nitrogen and oxygen atoms in total. The second kappa shape index (κ2) is 4.27. The highest BCUT2D eigenvalue weighted by Gasteiger charge is 2.28. The standard InChI is InChI=1S/C13H14N4O/c14-10-6-13(18)17(8-10)12-3-1-2-11(7-12)16-5-4-15-9-16/h1-5,7,9-10H,6,8,14H2. The van der Waals surface area contributed by atoms with Crippen LogP contribution in [0.2, 0.25) is 0 Å². The molecule has 1 atom stereocenters. The predicted octanol–water partition coefficient (Wildman–Crippen LogP) is 0.936. The topological polar surface area (TPSA) is 64.2 Å². The lowest BCUT2D eigenvalue weighted by Crippen LogP contribution is -2.27. The van der Waals surface area contributed by atoms with Crippen molar-refractivity contribution in [3.05, 3.63) is 43.0 Å². The third-order valence-corrected chi connectivity index (χ3v) is 3.10. The fourth-order valence-electron chi connectivity index (χ4n) is 2.22. The van der Waals surface area contributed by atoms with Gasteiger partial charge in [0.05, 0.1) is 6.33 Å². The fourth-order valence-corrected chi connectivity index (χ4v) is 2.22. The monoisotopic (exact) mass is 242 g/mol. The van der Waals surface area contributed by atoms with Crippen LogP contribution in [-0.2, 0) is 4.79 Å². The summed E-state index contributed by atoms with van der Waals surface area (Å²) in [5.74, 6) is 0.0882. The largest absolute Gasteiger partial charge is 0.326 e. The molecule has 1 aliphatic rings. The van der Waals surface area contributed by atoms with Crippen molar-refractivity contribution < 1.29 is 4.79 Å². The highest BCUT2D eigenvalue weighted by molar-refractivity contribution is 5.96. The van der Waals surface area contributed by atoms with Gasteiger partial charge in [-0.3, -0.25) is 4.79 Å². The molecule has 92 valence electrons. The second-order valence-electron chi connectivity index (χ2n) is 4.46. The Bertz CT molecular complexity index is 564. The minimum absolute atomic E-state index is 0.0607. The van der Waals surface area contributed by atoms with Gasteiger partial charge in [0.2, 0.25) is 5.91 Å². The Hall–Kier alpha value is -2.14. The van der Waals surface area contributed by atoms with E-state index in [0.29, 0.717) is 13.0 Å². The van der Waals surface area contributed by atoms with E-state index in [1.54, 1.807) is 17.4 Å². The van der Waals surface area contributed by atoms with E-state index in [0.717, 1.165) is 11.4 Å². The lowest BCUT2D eigenvalue weighted by Gasteiger charge is -2.17. The molecule has 1 fully saturated rings. The number of carbonyl (C=O) groups excluding carboxylic acids is 1. The summed E-state index contributed by atoms with van der Waals surface area (Å²) in [5, 5.41) is 0. The van der Waals surface area contributed by atoms with Crippen LogP contribution in [0.15, 0.2) is 43.0 Å². The van der Waals surface area contributed by atoms with Crippen LogP contribution >= 0.6 is 0 Å². The normalized spacial score (nSPS) is 19.5. The van der Waals surface area contributed by atoms with Crippen LogP contribution in [0.1, 0.15) is 6.42 Å². The molecular weight excluding hydrogens is 228 g/mol. The molecule has 1 amide bonds. The van der Waals surface area contributed by atoms with Crippen molar-refractivity contribution in [2.75, 3.05) is 11.4 Å². The van der Waals surface area contributed by atoms with Gasteiger partial charge in [-0.05, 0) is 18.2 Å². The zero-order valence-electron chi connectivity index (χ0n) is 9.86. The number of anilines is 1. The molecule has 1 aliphatic heterocycles. The van der Waals surface area contributed by atoms with E-state index in [9.17, 15) is 4.79 Å². The van der Waals surface area contributed by atoms with Crippen LogP contribution < -0.4 is 10.6 Å². The summed E-state index contributed by atoms with van der Waals surface area (Å²) in [7, 11) is 0. The van der Waals surface area contributed by atoms with Crippen LogP contribution in [0.5, 0.6) is 0 Å². The maximum Gasteiger partial charge on any atom is 0.228 e. The van der Waals surface area contributed by atoms with E-state index in [-0.39, 0.29) is 11.9 Å². The van der Waals surface area contributed by atoms with Crippen LogP contribution in [0.3, 0.4) is 0 Å². The summed E-state index contributed by atoms with van der Waals surface area (Å²) in [5.41, 5.74) is 7.68. The number of aromatic nitrogens is 2. The minimum atomic E-state index is -0.0607. The molecule has 2 heterocycles. The van der Waals surface area contributed by atoms with E-state index in [4.69, 9.17) is 5.73 Å². The third-order valence-electron chi connectivity index (χ3n) is 3.10. The summed E-state index contributed by atoms with van der Waals surface area (Å²) < 4.78 is 1.91. The summed E-state index contributed by atoms with van der Waals surface area (Å²) >= 11 is 0. The lowest BCUT2D eigenvalue weighted by molar-refractivity contribution is -0.117. The molecule has 2 aromatic rings. The molecule has 1 aromatic heterocycles. The molecule has 5 heteroatoms. The zero-order valence-corrected chi connectivity index (χ0v) is 9.86. The Morgan fingerprint density at radius 2 is 2.17 bits per heavy atom. The zero-order chi connectivity index (χ0) is 12.5. The average molecular weight is 242 g/mol. The first-order valence-corrected chi connectivity index (χ1v) is 5.88. The summed E-state index contributed by atoms with van der Waals surface area (Å²) in [6, 6.07) is 7.75. The molecule has 0 radical (unpaired) electrons. The van der Waals surface area contributed by atoms with Gasteiger partial charge in [-0.15, -0.1) is 0 Å². The third kappa shape index (κ3) is 1.89. The van der Waals surface area contributed by atoms with Crippen molar-refractivity contribution in [1.29, 1.82) is 0 Å². The first-order valence-electron chi connectivity index (χ1n) is 5.88. The van der Waals surface area contributed by atoms with Crippen LogP contribution in [0.25, 0.3) is 5.69 Å². The number of hydrogen-bond donors (Lipinski definition) is 1. The van der Waals surface area contributed by atoms with Crippen LogP contribution in [-0.4, -0.2) is 28.0 Å². The summed E-state index contributed by atoms with van der Waals surface area (Å²) in [6.07, 6.45) is 5.76. The smallest absolute Gasteiger partial charge is 0.228 e. The van der Waals surface area contributed by atoms with Gasteiger partial charge in [-0.1, -0.05) is 6.07 Å². The van der Waals surface area contributed by atoms with E-state index < -0.39 is 0 Å². The predicted molar refractivity (Wildman–Crippen MR) is 68.5 cm³/mol. The minimum Gasteiger partial charge on any atom is -0.326 e. The number of hydrogen-bond acceptors (Lipinski definition) is 3. The number of benzene rings is 1. The Morgan fingerprint density at radius 1 is 1.33 bits per heavy atom. The van der Waals surface area contributed by atoms with E-state index in [1.165, 1.54) is 0 Å². The molecule has 1 saturated heterocycles. The van der Waals surface area contributed by atoms with Gasteiger partial charge in [-0.2, -0.15) is 0 Å². The van der Waals surface area contributed by atoms with Gasteiger partial charge in [0.25, 0.3) is 0 Å². The second-order valence-corrected chi connectivity index (χ2v) is 4.46. The summed E-state index contributed by atoms with van der Waals surface area (Å²) in [6.45, 7) is 0.589. The molecule has 0 spiro atoms. The van der Waals surface area contributed by atoms with Gasteiger partial charge in [-0.25, -0.2) is 4.98 Å². The van der Waals surface area contributed by atoms with Crippen LogP contribution in [0.4, 0.5) is 5.69 Å². The van der Waals surface area contributed by atoms with E-state index in [1.807, 2.05) is 35.0 Å². The summed E-state index contributed by atoms with van der Waals surface area (Å²) in [4.78, 5) is 17.6. The number of imidazole rings is 1. The fraction of sp³-hybridized carbons (Fsp3) is 0.231. The highest BCUT2D eigenvalue weighted by atomic mass is 16.2. The highest BCUT2D eigenvalue weighted by Crippen LogP contribution is 2.23. The first-order chi connectivity index (χ1) is 8.74. The number of nitrogens with zero attached hydrogens (tertiary/aromatic N) is 3.